The zero-order chi connectivity index (χ0) is 28.1. The van der Waals surface area contributed by atoms with Crippen LogP contribution in [0.4, 0.5) is 0 Å². The summed E-state index contributed by atoms with van der Waals surface area (Å²) in [6.07, 6.45) is 9.37. The molecule has 8 nitrogen and oxygen atoms in total. The Labute approximate surface area is 237 Å². The molecule has 0 saturated carbocycles. The van der Waals surface area contributed by atoms with Crippen LogP contribution in [0.1, 0.15) is 64.9 Å². The highest BCUT2D eigenvalue weighted by atomic mass is 16.6. The van der Waals surface area contributed by atoms with Crippen molar-refractivity contribution in [3.63, 3.8) is 0 Å². The van der Waals surface area contributed by atoms with Gasteiger partial charge in [0.15, 0.2) is 0 Å². The Bertz CT molecular complexity index is 611. The SMILES string of the molecule is CCCCCCCCc1ccc(OCCOCCOCCOCCOCCOCCOCCOC(C)C)cc1. The van der Waals surface area contributed by atoms with Crippen LogP contribution in [0.2, 0.25) is 0 Å². The zero-order valence-corrected chi connectivity index (χ0v) is 25.0. The maximum absolute atomic E-state index is 5.76. The van der Waals surface area contributed by atoms with E-state index in [0.29, 0.717) is 92.5 Å². The highest BCUT2D eigenvalue weighted by molar-refractivity contribution is 5.27. The van der Waals surface area contributed by atoms with E-state index in [1.54, 1.807) is 0 Å². The predicted molar refractivity (Wildman–Crippen MR) is 155 cm³/mol. The van der Waals surface area contributed by atoms with E-state index in [1.165, 1.54) is 44.1 Å². The topological polar surface area (TPSA) is 73.8 Å². The minimum Gasteiger partial charge on any atom is -0.491 e. The van der Waals surface area contributed by atoms with E-state index < -0.39 is 0 Å². The molecule has 1 rings (SSSR count). The molecule has 0 N–H and O–H groups in total. The lowest BCUT2D eigenvalue weighted by molar-refractivity contribution is -0.0242. The highest BCUT2D eigenvalue weighted by Crippen LogP contribution is 2.15. The molecule has 0 amide bonds. The van der Waals surface area contributed by atoms with E-state index in [1.807, 2.05) is 13.8 Å². The molecule has 39 heavy (non-hydrogen) atoms. The van der Waals surface area contributed by atoms with Gasteiger partial charge in [0.2, 0.25) is 0 Å². The summed E-state index contributed by atoms with van der Waals surface area (Å²) < 4.78 is 44.1. The number of benzene rings is 1. The number of aryl methyl sites for hydroxylation is 1. The predicted octanol–water partition coefficient (Wildman–Crippen LogP) is 5.49. The summed E-state index contributed by atoms with van der Waals surface area (Å²) in [5, 5.41) is 0. The average Bonchev–Trinajstić information content (AvgIpc) is 2.94. The van der Waals surface area contributed by atoms with Gasteiger partial charge in [-0.25, -0.2) is 0 Å². The molecule has 0 aromatic heterocycles. The van der Waals surface area contributed by atoms with E-state index in [9.17, 15) is 0 Å². The molecule has 1 aromatic carbocycles. The smallest absolute Gasteiger partial charge is 0.119 e. The second-order valence-electron chi connectivity index (χ2n) is 9.60. The minimum absolute atomic E-state index is 0.239. The number of hydrogen-bond acceptors (Lipinski definition) is 8. The Balaban J connectivity index is 1.76. The molecule has 0 radical (unpaired) electrons. The van der Waals surface area contributed by atoms with Crippen molar-refractivity contribution >= 4 is 0 Å². The maximum atomic E-state index is 5.76. The minimum atomic E-state index is 0.239. The Morgan fingerprint density at radius 3 is 1.36 bits per heavy atom. The lowest BCUT2D eigenvalue weighted by Gasteiger charge is -2.09. The first-order valence-electron chi connectivity index (χ1n) is 15.0. The second-order valence-corrected chi connectivity index (χ2v) is 9.60. The number of rotatable bonds is 30. The Hall–Kier alpha value is -1.26. The van der Waals surface area contributed by atoms with Crippen molar-refractivity contribution in [3.05, 3.63) is 29.8 Å². The summed E-state index contributed by atoms with van der Waals surface area (Å²) in [7, 11) is 0. The third-order valence-corrected chi connectivity index (χ3v) is 5.78. The summed E-state index contributed by atoms with van der Waals surface area (Å²) >= 11 is 0. The van der Waals surface area contributed by atoms with Gasteiger partial charge in [0.05, 0.1) is 92.0 Å². The van der Waals surface area contributed by atoms with Crippen molar-refractivity contribution in [1.29, 1.82) is 0 Å². The van der Waals surface area contributed by atoms with Crippen LogP contribution in [0.3, 0.4) is 0 Å². The summed E-state index contributed by atoms with van der Waals surface area (Å²) in [5.41, 5.74) is 1.38. The van der Waals surface area contributed by atoms with Crippen LogP contribution in [0.15, 0.2) is 24.3 Å². The first kappa shape index (κ1) is 35.8. The van der Waals surface area contributed by atoms with Gasteiger partial charge in [-0.15, -0.1) is 0 Å². The molecule has 228 valence electrons. The van der Waals surface area contributed by atoms with Crippen LogP contribution < -0.4 is 4.74 Å². The molecule has 8 heteroatoms. The van der Waals surface area contributed by atoms with Gasteiger partial charge >= 0.3 is 0 Å². The van der Waals surface area contributed by atoms with E-state index in [0.717, 1.165) is 12.2 Å². The molecular weight excluding hydrogens is 500 g/mol. The number of ether oxygens (including phenoxy) is 8. The van der Waals surface area contributed by atoms with E-state index in [2.05, 4.69) is 31.2 Å². The molecule has 0 aliphatic heterocycles. The monoisotopic (exact) mass is 556 g/mol. The zero-order valence-electron chi connectivity index (χ0n) is 25.0. The normalized spacial score (nSPS) is 11.5. The lowest BCUT2D eigenvalue weighted by Crippen LogP contribution is -2.15. The van der Waals surface area contributed by atoms with Crippen molar-refractivity contribution < 1.29 is 37.9 Å². The third-order valence-electron chi connectivity index (χ3n) is 5.78. The van der Waals surface area contributed by atoms with Crippen molar-refractivity contribution in [3.8, 4) is 5.75 Å². The molecule has 0 unspecified atom stereocenters. The first-order chi connectivity index (χ1) is 19.2. The van der Waals surface area contributed by atoms with Crippen LogP contribution in [-0.2, 0) is 39.6 Å². The lowest BCUT2D eigenvalue weighted by atomic mass is 10.0. The third kappa shape index (κ3) is 25.5. The van der Waals surface area contributed by atoms with Gasteiger partial charge in [0.25, 0.3) is 0 Å². The van der Waals surface area contributed by atoms with Gasteiger partial charge in [-0.2, -0.15) is 0 Å². The van der Waals surface area contributed by atoms with Gasteiger partial charge in [0, 0.05) is 0 Å². The second kappa shape index (κ2) is 28.3. The van der Waals surface area contributed by atoms with Crippen LogP contribution in [-0.4, -0.2) is 98.6 Å². The van der Waals surface area contributed by atoms with Gasteiger partial charge in [-0.1, -0.05) is 51.2 Å². The molecule has 0 spiro atoms. The molecule has 0 bridgehead atoms. The molecule has 0 fully saturated rings. The maximum Gasteiger partial charge on any atom is 0.119 e. The Morgan fingerprint density at radius 1 is 0.487 bits per heavy atom. The number of hydrogen-bond donors (Lipinski definition) is 0. The van der Waals surface area contributed by atoms with Crippen LogP contribution >= 0.6 is 0 Å². The van der Waals surface area contributed by atoms with Crippen molar-refractivity contribution in [1.82, 2.24) is 0 Å². The standard InChI is InChI=1S/C31H56O8/c1-4-5-6-7-8-9-10-30-11-13-31(14-12-30)39-28-26-37-24-22-35-20-18-33-16-15-32-17-19-34-21-23-36-25-27-38-29(2)3/h11-14,29H,4-10,15-28H2,1-3H3. The average molecular weight is 557 g/mol. The van der Waals surface area contributed by atoms with Gasteiger partial charge in [-0.3, -0.25) is 0 Å². The quantitative estimate of drug-likeness (QED) is 0.115. The summed E-state index contributed by atoms with van der Waals surface area (Å²) in [4.78, 5) is 0. The van der Waals surface area contributed by atoms with E-state index >= 15 is 0 Å². The van der Waals surface area contributed by atoms with Crippen LogP contribution in [0.25, 0.3) is 0 Å². The van der Waals surface area contributed by atoms with Crippen molar-refractivity contribution in [2.24, 2.45) is 0 Å². The first-order valence-corrected chi connectivity index (χ1v) is 15.0. The summed E-state index contributed by atoms with van der Waals surface area (Å²) in [6, 6.07) is 8.45. The summed E-state index contributed by atoms with van der Waals surface area (Å²) in [5.74, 6) is 0.892. The fraction of sp³-hybridized carbons (Fsp3) is 0.806. The van der Waals surface area contributed by atoms with Crippen molar-refractivity contribution in [2.75, 3.05) is 92.5 Å². The molecule has 1 aromatic rings. The molecule has 0 heterocycles. The van der Waals surface area contributed by atoms with Gasteiger partial charge in [0.1, 0.15) is 12.4 Å². The van der Waals surface area contributed by atoms with Crippen LogP contribution in [0, 0.1) is 0 Å². The van der Waals surface area contributed by atoms with E-state index in [4.69, 9.17) is 37.9 Å². The molecule has 0 aliphatic carbocycles. The van der Waals surface area contributed by atoms with Crippen molar-refractivity contribution in [2.45, 2.75) is 71.8 Å². The largest absolute Gasteiger partial charge is 0.491 e. The molecular formula is C31H56O8. The fourth-order valence-electron chi connectivity index (χ4n) is 3.62. The Morgan fingerprint density at radius 2 is 0.897 bits per heavy atom. The van der Waals surface area contributed by atoms with E-state index in [-0.39, 0.29) is 6.10 Å². The van der Waals surface area contributed by atoms with Gasteiger partial charge in [-0.05, 0) is 44.4 Å². The molecule has 0 atom stereocenters. The Kier molecular flexibility index (Phi) is 25.9. The molecule has 0 aliphatic rings. The fourth-order valence-corrected chi connectivity index (χ4v) is 3.62. The molecule has 0 saturated heterocycles. The highest BCUT2D eigenvalue weighted by Gasteiger charge is 1.99. The van der Waals surface area contributed by atoms with Crippen LogP contribution in [0.5, 0.6) is 5.75 Å². The number of unbranched alkanes of at least 4 members (excludes halogenated alkanes) is 5. The summed E-state index contributed by atoms with van der Waals surface area (Å²) in [6.45, 7) is 14.0. The van der Waals surface area contributed by atoms with Gasteiger partial charge < -0.3 is 37.9 Å².